The number of nitrogens with zero attached hydrogens (tertiary/aromatic N) is 4. The number of likely N-dealkylation sites (tertiary alicyclic amines) is 1. The fourth-order valence-corrected chi connectivity index (χ4v) is 3.66. The molecule has 124 valence electrons. The number of unbranched alkanes of at least 4 members (excludes halogenated alkanes) is 1. The molecule has 4 rings (SSSR count). The second-order valence-electron chi connectivity index (χ2n) is 6.58. The van der Waals surface area contributed by atoms with Gasteiger partial charge in [-0.05, 0) is 57.5 Å². The third-order valence-corrected chi connectivity index (χ3v) is 4.92. The van der Waals surface area contributed by atoms with Crippen LogP contribution in [0.15, 0.2) is 48.9 Å². The van der Waals surface area contributed by atoms with Gasteiger partial charge in [0, 0.05) is 36.1 Å². The third-order valence-electron chi connectivity index (χ3n) is 4.92. The van der Waals surface area contributed by atoms with Crippen LogP contribution in [0, 0.1) is 0 Å². The van der Waals surface area contributed by atoms with E-state index in [1.54, 1.807) is 0 Å². The predicted molar refractivity (Wildman–Crippen MR) is 97.9 cm³/mol. The lowest BCUT2D eigenvalue weighted by molar-refractivity contribution is 0.326. The molecule has 3 aromatic rings. The highest BCUT2D eigenvalue weighted by Gasteiger charge is 2.12. The lowest BCUT2D eigenvalue weighted by Crippen LogP contribution is -2.20. The van der Waals surface area contributed by atoms with E-state index in [1.165, 1.54) is 56.3 Å². The molecular weight excluding hydrogens is 296 g/mol. The van der Waals surface area contributed by atoms with Gasteiger partial charge in [-0.2, -0.15) is 0 Å². The van der Waals surface area contributed by atoms with Crippen LogP contribution in [0.25, 0.3) is 22.3 Å². The van der Waals surface area contributed by atoms with Crippen LogP contribution in [0.5, 0.6) is 0 Å². The van der Waals surface area contributed by atoms with Crippen LogP contribution < -0.4 is 0 Å². The molecule has 0 N–H and O–H groups in total. The highest BCUT2D eigenvalue weighted by Crippen LogP contribution is 2.26. The summed E-state index contributed by atoms with van der Waals surface area (Å²) in [7, 11) is 0. The first-order valence-corrected chi connectivity index (χ1v) is 8.99. The standard InChI is InChI=1S/C20H24N4/c1-2-13-23(12-1)14-3-4-15-24-16-11-22-20(24)18-7-5-9-19-17(18)8-6-10-21-19/h5-11,16H,1-4,12-15H2. The third kappa shape index (κ3) is 3.20. The van der Waals surface area contributed by atoms with Gasteiger partial charge in [0.05, 0.1) is 5.52 Å². The van der Waals surface area contributed by atoms with Crippen LogP contribution >= 0.6 is 0 Å². The van der Waals surface area contributed by atoms with E-state index >= 15 is 0 Å². The van der Waals surface area contributed by atoms with Crippen molar-refractivity contribution in [3.63, 3.8) is 0 Å². The van der Waals surface area contributed by atoms with Crippen LogP contribution in [0.2, 0.25) is 0 Å². The van der Waals surface area contributed by atoms with Gasteiger partial charge in [-0.1, -0.05) is 18.2 Å². The van der Waals surface area contributed by atoms with E-state index in [4.69, 9.17) is 0 Å². The Bertz CT molecular complexity index is 797. The number of hydrogen-bond donors (Lipinski definition) is 0. The van der Waals surface area contributed by atoms with Gasteiger partial charge >= 0.3 is 0 Å². The van der Waals surface area contributed by atoms with Crippen molar-refractivity contribution < 1.29 is 0 Å². The molecule has 1 aliphatic rings. The van der Waals surface area contributed by atoms with Crippen LogP contribution in [0.1, 0.15) is 25.7 Å². The minimum absolute atomic E-state index is 1.03. The van der Waals surface area contributed by atoms with Gasteiger partial charge < -0.3 is 9.47 Å². The molecule has 2 aromatic heterocycles. The summed E-state index contributed by atoms with van der Waals surface area (Å²) < 4.78 is 2.28. The average molecular weight is 320 g/mol. The molecule has 3 heterocycles. The van der Waals surface area contributed by atoms with Gasteiger partial charge in [-0.15, -0.1) is 0 Å². The molecule has 1 saturated heterocycles. The molecule has 24 heavy (non-hydrogen) atoms. The summed E-state index contributed by atoms with van der Waals surface area (Å²) >= 11 is 0. The Balaban J connectivity index is 1.47. The molecule has 0 bridgehead atoms. The summed E-state index contributed by atoms with van der Waals surface area (Å²) in [6.45, 7) is 4.85. The quantitative estimate of drug-likeness (QED) is 0.644. The van der Waals surface area contributed by atoms with E-state index in [2.05, 4.69) is 49.9 Å². The maximum atomic E-state index is 4.62. The number of pyridine rings is 1. The van der Waals surface area contributed by atoms with Crippen molar-refractivity contribution in [3.8, 4) is 11.4 Å². The van der Waals surface area contributed by atoms with E-state index in [0.29, 0.717) is 0 Å². The van der Waals surface area contributed by atoms with Crippen LogP contribution in [-0.2, 0) is 6.54 Å². The largest absolute Gasteiger partial charge is 0.331 e. The minimum atomic E-state index is 1.03. The summed E-state index contributed by atoms with van der Waals surface area (Å²) in [4.78, 5) is 11.7. The first-order chi connectivity index (χ1) is 11.9. The number of hydrogen-bond acceptors (Lipinski definition) is 3. The fourth-order valence-electron chi connectivity index (χ4n) is 3.66. The average Bonchev–Trinajstić information content (AvgIpc) is 3.30. The summed E-state index contributed by atoms with van der Waals surface area (Å²) in [5.74, 6) is 1.05. The molecule has 4 heteroatoms. The van der Waals surface area contributed by atoms with Gasteiger partial charge in [-0.3, -0.25) is 4.98 Å². The van der Waals surface area contributed by atoms with Crippen LogP contribution in [0.3, 0.4) is 0 Å². The van der Waals surface area contributed by atoms with Crippen molar-refractivity contribution in [1.82, 2.24) is 19.4 Å². The maximum absolute atomic E-state index is 4.62. The minimum Gasteiger partial charge on any atom is -0.331 e. The molecule has 0 amide bonds. The van der Waals surface area contributed by atoms with Crippen LogP contribution in [-0.4, -0.2) is 39.1 Å². The van der Waals surface area contributed by atoms with Crippen molar-refractivity contribution >= 4 is 10.9 Å². The van der Waals surface area contributed by atoms with E-state index in [-0.39, 0.29) is 0 Å². The van der Waals surface area contributed by atoms with E-state index in [1.807, 2.05) is 18.5 Å². The van der Waals surface area contributed by atoms with Crippen molar-refractivity contribution in [3.05, 3.63) is 48.9 Å². The predicted octanol–water partition coefficient (Wildman–Crippen LogP) is 3.97. The van der Waals surface area contributed by atoms with Gasteiger partial charge in [0.25, 0.3) is 0 Å². The molecule has 0 radical (unpaired) electrons. The van der Waals surface area contributed by atoms with Gasteiger partial charge in [0.2, 0.25) is 0 Å². The molecular formula is C20H24N4. The summed E-state index contributed by atoms with van der Waals surface area (Å²) in [5, 5.41) is 1.17. The Labute approximate surface area is 143 Å². The highest BCUT2D eigenvalue weighted by molar-refractivity contribution is 5.92. The highest BCUT2D eigenvalue weighted by atomic mass is 15.1. The SMILES string of the molecule is c1cc(-c2nccn2CCCCN2CCCC2)c2cccnc2c1. The molecule has 4 nitrogen and oxygen atoms in total. The van der Waals surface area contributed by atoms with Crippen molar-refractivity contribution in [2.75, 3.05) is 19.6 Å². The maximum Gasteiger partial charge on any atom is 0.140 e. The normalized spacial score (nSPS) is 15.3. The lowest BCUT2D eigenvalue weighted by atomic mass is 10.1. The zero-order chi connectivity index (χ0) is 16.2. The Morgan fingerprint density at radius 1 is 0.875 bits per heavy atom. The summed E-state index contributed by atoms with van der Waals surface area (Å²) in [6.07, 6.45) is 11.1. The zero-order valence-corrected chi connectivity index (χ0v) is 14.1. The Kier molecular flexibility index (Phi) is 4.56. The van der Waals surface area contributed by atoms with Crippen molar-refractivity contribution in [2.24, 2.45) is 0 Å². The molecule has 0 atom stereocenters. The van der Waals surface area contributed by atoms with Crippen molar-refractivity contribution in [1.29, 1.82) is 0 Å². The van der Waals surface area contributed by atoms with E-state index < -0.39 is 0 Å². The molecule has 0 unspecified atom stereocenters. The zero-order valence-electron chi connectivity index (χ0n) is 14.1. The summed E-state index contributed by atoms with van der Waals surface area (Å²) in [5.41, 5.74) is 2.20. The monoisotopic (exact) mass is 320 g/mol. The lowest BCUT2D eigenvalue weighted by Gasteiger charge is -2.14. The Morgan fingerprint density at radius 2 is 1.75 bits per heavy atom. The molecule has 1 aliphatic heterocycles. The van der Waals surface area contributed by atoms with Gasteiger partial charge in [0.15, 0.2) is 0 Å². The second kappa shape index (κ2) is 7.14. The molecule has 1 fully saturated rings. The Hall–Kier alpha value is -2.20. The number of imidazole rings is 1. The number of aryl methyl sites for hydroxylation is 1. The Morgan fingerprint density at radius 3 is 2.67 bits per heavy atom. The number of fused-ring (bicyclic) bond motifs is 1. The molecule has 0 spiro atoms. The smallest absolute Gasteiger partial charge is 0.140 e. The van der Waals surface area contributed by atoms with Gasteiger partial charge in [0.1, 0.15) is 5.82 Å². The molecule has 0 aliphatic carbocycles. The number of rotatable bonds is 6. The first-order valence-electron chi connectivity index (χ1n) is 8.99. The number of benzene rings is 1. The van der Waals surface area contributed by atoms with Crippen molar-refractivity contribution in [2.45, 2.75) is 32.2 Å². The van der Waals surface area contributed by atoms with E-state index in [9.17, 15) is 0 Å². The van der Waals surface area contributed by atoms with Crippen LogP contribution in [0.4, 0.5) is 0 Å². The second-order valence-corrected chi connectivity index (χ2v) is 6.58. The topological polar surface area (TPSA) is 34.0 Å². The first kappa shape index (κ1) is 15.3. The molecule has 0 saturated carbocycles. The van der Waals surface area contributed by atoms with Gasteiger partial charge in [-0.25, -0.2) is 4.98 Å². The summed E-state index contributed by atoms with van der Waals surface area (Å²) in [6, 6.07) is 10.4. The van der Waals surface area contributed by atoms with E-state index in [0.717, 1.165) is 17.9 Å². The molecule has 1 aromatic carbocycles. The fraction of sp³-hybridized carbons (Fsp3) is 0.400. The number of aromatic nitrogens is 3.